The van der Waals surface area contributed by atoms with E-state index in [0.29, 0.717) is 0 Å². The van der Waals surface area contributed by atoms with Crippen molar-refractivity contribution in [2.75, 3.05) is 5.32 Å². The van der Waals surface area contributed by atoms with E-state index in [1.165, 1.54) is 36.4 Å². The van der Waals surface area contributed by atoms with E-state index in [0.717, 1.165) is 18.4 Å². The van der Waals surface area contributed by atoms with Crippen LogP contribution < -0.4 is 10.0 Å². The Morgan fingerprint density at radius 1 is 1.12 bits per heavy atom. The second-order valence-electron chi connectivity index (χ2n) is 5.86. The summed E-state index contributed by atoms with van der Waals surface area (Å²) in [6, 6.07) is 9.99. The molecule has 1 fully saturated rings. The molecule has 2 N–H and O–H groups in total. The number of carbonyl (C=O) groups is 1. The number of amides is 1. The van der Waals surface area contributed by atoms with E-state index in [4.69, 9.17) is 0 Å². The van der Waals surface area contributed by atoms with Gasteiger partial charge in [0.1, 0.15) is 5.82 Å². The molecule has 0 aliphatic heterocycles. The van der Waals surface area contributed by atoms with Gasteiger partial charge in [0.05, 0.1) is 10.6 Å². The van der Waals surface area contributed by atoms with Gasteiger partial charge < -0.3 is 5.32 Å². The predicted molar refractivity (Wildman–Crippen MR) is 88.9 cm³/mol. The average Bonchev–Trinajstić information content (AvgIpc) is 3.34. The Morgan fingerprint density at radius 3 is 2.42 bits per heavy atom. The molecule has 0 heterocycles. The molecule has 0 spiro atoms. The first-order chi connectivity index (χ1) is 11.3. The van der Waals surface area contributed by atoms with Crippen molar-refractivity contribution in [1.29, 1.82) is 0 Å². The first-order valence-corrected chi connectivity index (χ1v) is 9.03. The van der Waals surface area contributed by atoms with Crippen LogP contribution in [0.5, 0.6) is 0 Å². The minimum atomic E-state index is -3.55. The minimum Gasteiger partial charge on any atom is -0.319 e. The maximum Gasteiger partial charge on any atom is 0.255 e. The molecule has 24 heavy (non-hydrogen) atoms. The summed E-state index contributed by atoms with van der Waals surface area (Å²) in [6.45, 7) is 1.79. The van der Waals surface area contributed by atoms with Gasteiger partial charge in [-0.15, -0.1) is 0 Å². The topological polar surface area (TPSA) is 75.3 Å². The van der Waals surface area contributed by atoms with Gasteiger partial charge in [-0.1, -0.05) is 6.07 Å². The first-order valence-electron chi connectivity index (χ1n) is 7.55. The van der Waals surface area contributed by atoms with Gasteiger partial charge in [0.15, 0.2) is 0 Å². The molecule has 0 unspecified atom stereocenters. The van der Waals surface area contributed by atoms with Crippen LogP contribution in [0.2, 0.25) is 0 Å². The molecule has 0 aromatic heterocycles. The molecule has 5 nitrogen and oxygen atoms in total. The van der Waals surface area contributed by atoms with Crippen molar-refractivity contribution >= 4 is 21.6 Å². The summed E-state index contributed by atoms with van der Waals surface area (Å²) in [4.78, 5) is 12.3. The van der Waals surface area contributed by atoms with Gasteiger partial charge in [0.2, 0.25) is 10.0 Å². The van der Waals surface area contributed by atoms with Crippen molar-refractivity contribution in [2.45, 2.75) is 30.7 Å². The lowest BCUT2D eigenvalue weighted by molar-refractivity contribution is 0.102. The van der Waals surface area contributed by atoms with Crippen LogP contribution >= 0.6 is 0 Å². The van der Waals surface area contributed by atoms with Crippen LogP contribution in [-0.2, 0) is 10.0 Å². The third-order valence-corrected chi connectivity index (χ3v) is 5.23. The van der Waals surface area contributed by atoms with Gasteiger partial charge in [-0.05, 0) is 61.7 Å². The zero-order chi connectivity index (χ0) is 17.3. The predicted octanol–water partition coefficient (Wildman–Crippen LogP) is 2.83. The van der Waals surface area contributed by atoms with E-state index in [-0.39, 0.29) is 22.2 Å². The monoisotopic (exact) mass is 348 g/mol. The van der Waals surface area contributed by atoms with Crippen molar-refractivity contribution < 1.29 is 17.6 Å². The van der Waals surface area contributed by atoms with Crippen molar-refractivity contribution in [1.82, 2.24) is 4.72 Å². The molecule has 0 saturated heterocycles. The summed E-state index contributed by atoms with van der Waals surface area (Å²) >= 11 is 0. The third kappa shape index (κ3) is 3.80. The summed E-state index contributed by atoms with van der Waals surface area (Å²) in [7, 11) is -3.55. The van der Waals surface area contributed by atoms with E-state index in [2.05, 4.69) is 10.0 Å². The molecule has 0 radical (unpaired) electrons. The molecule has 7 heteroatoms. The molecule has 1 saturated carbocycles. The smallest absolute Gasteiger partial charge is 0.255 e. The normalized spacial score (nSPS) is 14.4. The van der Waals surface area contributed by atoms with Gasteiger partial charge in [-0.2, -0.15) is 0 Å². The van der Waals surface area contributed by atoms with Crippen LogP contribution in [0.15, 0.2) is 47.4 Å². The SMILES string of the molecule is Cc1ccc(F)c(NC(=O)c2ccc(S(=O)(=O)NC3CC3)cc2)c1. The summed E-state index contributed by atoms with van der Waals surface area (Å²) in [5.41, 5.74) is 1.16. The fourth-order valence-corrected chi connectivity index (χ4v) is 3.51. The Morgan fingerprint density at radius 2 is 1.79 bits per heavy atom. The highest BCUT2D eigenvalue weighted by Crippen LogP contribution is 2.22. The molecule has 1 amide bonds. The number of sulfonamides is 1. The van der Waals surface area contributed by atoms with E-state index in [1.54, 1.807) is 13.0 Å². The molecular weight excluding hydrogens is 331 g/mol. The Balaban J connectivity index is 1.75. The second kappa shape index (κ2) is 6.33. The fraction of sp³-hybridized carbons (Fsp3) is 0.235. The molecule has 0 bridgehead atoms. The van der Waals surface area contributed by atoms with Gasteiger partial charge in [-0.25, -0.2) is 17.5 Å². The number of anilines is 1. The van der Waals surface area contributed by atoms with Crippen LogP contribution in [0, 0.1) is 12.7 Å². The van der Waals surface area contributed by atoms with Crippen LogP contribution in [0.4, 0.5) is 10.1 Å². The number of carbonyl (C=O) groups excluding carboxylic acids is 1. The van der Waals surface area contributed by atoms with Crippen LogP contribution in [0.25, 0.3) is 0 Å². The average molecular weight is 348 g/mol. The highest BCUT2D eigenvalue weighted by Gasteiger charge is 2.27. The van der Waals surface area contributed by atoms with Gasteiger partial charge in [-0.3, -0.25) is 4.79 Å². The van der Waals surface area contributed by atoms with Crippen LogP contribution in [-0.4, -0.2) is 20.4 Å². The number of hydrogen-bond acceptors (Lipinski definition) is 3. The summed E-state index contributed by atoms with van der Waals surface area (Å²) in [5.74, 6) is -1.03. The molecule has 1 aliphatic carbocycles. The lowest BCUT2D eigenvalue weighted by Gasteiger charge is -2.09. The van der Waals surface area contributed by atoms with Crippen LogP contribution in [0.1, 0.15) is 28.8 Å². The van der Waals surface area contributed by atoms with Gasteiger partial charge in [0, 0.05) is 11.6 Å². The Bertz CT molecular complexity index is 875. The zero-order valence-electron chi connectivity index (χ0n) is 13.0. The highest BCUT2D eigenvalue weighted by atomic mass is 32.2. The summed E-state index contributed by atoms with van der Waals surface area (Å²) in [5, 5.41) is 2.49. The maximum atomic E-state index is 13.7. The van der Waals surface area contributed by atoms with Crippen molar-refractivity contribution in [3.05, 3.63) is 59.4 Å². The number of aryl methyl sites for hydroxylation is 1. The molecule has 1 aliphatic rings. The molecule has 126 valence electrons. The van der Waals surface area contributed by atoms with Gasteiger partial charge in [0.25, 0.3) is 5.91 Å². The van der Waals surface area contributed by atoms with Crippen molar-refractivity contribution in [2.24, 2.45) is 0 Å². The molecule has 3 rings (SSSR count). The summed E-state index contributed by atoms with van der Waals surface area (Å²) in [6.07, 6.45) is 1.70. The molecule has 2 aromatic carbocycles. The second-order valence-corrected chi connectivity index (χ2v) is 7.57. The van der Waals surface area contributed by atoms with Crippen molar-refractivity contribution in [3.63, 3.8) is 0 Å². The van der Waals surface area contributed by atoms with E-state index >= 15 is 0 Å². The summed E-state index contributed by atoms with van der Waals surface area (Å²) < 4.78 is 40.4. The molecule has 0 atom stereocenters. The first kappa shape index (κ1) is 16.6. The Hall–Kier alpha value is -2.25. The quantitative estimate of drug-likeness (QED) is 0.872. The number of rotatable bonds is 5. The lowest BCUT2D eigenvalue weighted by Crippen LogP contribution is -2.25. The third-order valence-electron chi connectivity index (χ3n) is 3.70. The Labute approximate surface area is 139 Å². The maximum absolute atomic E-state index is 13.7. The van der Waals surface area contributed by atoms with E-state index < -0.39 is 21.7 Å². The lowest BCUT2D eigenvalue weighted by atomic mass is 10.2. The standard InChI is InChI=1S/C17H17FN2O3S/c1-11-2-9-15(18)16(10-11)19-17(21)12-3-7-14(8-4-12)24(22,23)20-13-5-6-13/h2-4,7-10,13,20H,5-6H2,1H3,(H,19,21). The number of hydrogen-bond donors (Lipinski definition) is 2. The molecular formula is C17H17FN2O3S. The Kier molecular flexibility index (Phi) is 4.38. The fourth-order valence-electron chi connectivity index (χ4n) is 2.20. The number of halogens is 1. The minimum absolute atomic E-state index is 0.0160. The van der Waals surface area contributed by atoms with Crippen LogP contribution in [0.3, 0.4) is 0 Å². The number of nitrogens with one attached hydrogen (secondary N) is 2. The zero-order valence-corrected chi connectivity index (χ0v) is 13.9. The van der Waals surface area contributed by atoms with Crippen molar-refractivity contribution in [3.8, 4) is 0 Å². The largest absolute Gasteiger partial charge is 0.319 e. The van der Waals surface area contributed by atoms with Gasteiger partial charge >= 0.3 is 0 Å². The van der Waals surface area contributed by atoms with E-state index in [9.17, 15) is 17.6 Å². The highest BCUT2D eigenvalue weighted by molar-refractivity contribution is 7.89. The molecule has 2 aromatic rings. The number of benzene rings is 2. The van der Waals surface area contributed by atoms with E-state index in [1.807, 2.05) is 0 Å².